The van der Waals surface area contributed by atoms with E-state index < -0.39 is 0 Å². The van der Waals surface area contributed by atoms with Crippen molar-refractivity contribution in [3.63, 3.8) is 0 Å². The van der Waals surface area contributed by atoms with Crippen molar-refractivity contribution >= 4 is 33.4 Å². The molecule has 0 fully saturated rings. The fourth-order valence-corrected chi connectivity index (χ4v) is 3.16. The molecule has 0 saturated heterocycles. The fourth-order valence-electron chi connectivity index (χ4n) is 1.78. The Morgan fingerprint density at radius 2 is 1.90 bits per heavy atom. The van der Waals surface area contributed by atoms with Crippen LogP contribution in [0.25, 0.3) is 0 Å². The molecule has 0 amide bonds. The van der Waals surface area contributed by atoms with E-state index >= 15 is 0 Å². The van der Waals surface area contributed by atoms with E-state index in [1.807, 2.05) is 30.3 Å². The predicted octanol–water partition coefficient (Wildman–Crippen LogP) is 4.34. The maximum Gasteiger partial charge on any atom is 0.122 e. The molecule has 5 heteroatoms. The third kappa shape index (κ3) is 3.61. The molecule has 0 aliphatic rings. The molecular formula is C15H16BrNO2S. The van der Waals surface area contributed by atoms with E-state index in [0.29, 0.717) is 0 Å². The Hall–Kier alpha value is -1.33. The molecule has 3 nitrogen and oxygen atoms in total. The number of rotatable bonds is 5. The number of benzene rings is 2. The molecule has 0 saturated carbocycles. The van der Waals surface area contributed by atoms with E-state index in [2.05, 4.69) is 22.0 Å². The molecule has 0 aromatic heterocycles. The number of halogens is 1. The van der Waals surface area contributed by atoms with Crippen LogP contribution in [0.3, 0.4) is 0 Å². The van der Waals surface area contributed by atoms with Gasteiger partial charge in [-0.25, -0.2) is 0 Å². The summed E-state index contributed by atoms with van der Waals surface area (Å²) in [7, 11) is 3.33. The normalized spacial score (nSPS) is 10.3. The first-order valence-electron chi connectivity index (χ1n) is 6.02. The van der Waals surface area contributed by atoms with Gasteiger partial charge in [-0.1, -0.05) is 15.9 Å². The summed E-state index contributed by atoms with van der Waals surface area (Å²) in [6.07, 6.45) is 0. The van der Waals surface area contributed by atoms with Crippen LogP contribution in [0.4, 0.5) is 5.69 Å². The predicted molar refractivity (Wildman–Crippen MR) is 87.7 cm³/mol. The largest absolute Gasteiger partial charge is 0.497 e. The first-order chi connectivity index (χ1) is 9.63. The number of nitrogens with two attached hydrogens (primary N) is 1. The van der Waals surface area contributed by atoms with Crippen molar-refractivity contribution in [2.24, 2.45) is 0 Å². The van der Waals surface area contributed by atoms with Gasteiger partial charge in [0.15, 0.2) is 0 Å². The van der Waals surface area contributed by atoms with E-state index in [9.17, 15) is 0 Å². The lowest BCUT2D eigenvalue weighted by molar-refractivity contribution is 0.411. The molecule has 0 heterocycles. The summed E-state index contributed by atoms with van der Waals surface area (Å²) in [5.41, 5.74) is 7.87. The van der Waals surface area contributed by atoms with E-state index in [-0.39, 0.29) is 0 Å². The zero-order valence-electron chi connectivity index (χ0n) is 11.4. The van der Waals surface area contributed by atoms with Gasteiger partial charge in [-0.15, -0.1) is 11.8 Å². The number of hydrogen-bond donors (Lipinski definition) is 1. The molecular weight excluding hydrogens is 338 g/mol. The van der Waals surface area contributed by atoms with Crippen LogP contribution in [0.15, 0.2) is 45.8 Å². The molecule has 2 aromatic carbocycles. The SMILES string of the molecule is COc1ccc(N)c(SCc2cc(Br)ccc2OC)c1. The highest BCUT2D eigenvalue weighted by Crippen LogP contribution is 2.34. The lowest BCUT2D eigenvalue weighted by Crippen LogP contribution is -1.93. The standard InChI is InChI=1S/C15H16BrNO2S/c1-18-12-4-5-13(17)15(8-12)20-9-10-7-11(16)3-6-14(10)19-2/h3-8H,9,17H2,1-2H3. The Labute approximate surface area is 131 Å². The molecule has 0 radical (unpaired) electrons. The minimum absolute atomic E-state index is 0.754. The number of methoxy groups -OCH3 is 2. The maximum absolute atomic E-state index is 5.99. The Morgan fingerprint density at radius 1 is 1.10 bits per heavy atom. The minimum atomic E-state index is 0.754. The van der Waals surface area contributed by atoms with Crippen LogP contribution in [0.1, 0.15) is 5.56 Å². The van der Waals surface area contributed by atoms with E-state index in [1.165, 1.54) is 0 Å². The smallest absolute Gasteiger partial charge is 0.122 e. The van der Waals surface area contributed by atoms with E-state index in [4.69, 9.17) is 15.2 Å². The summed E-state index contributed by atoms with van der Waals surface area (Å²) in [6.45, 7) is 0. The zero-order chi connectivity index (χ0) is 14.5. The van der Waals surface area contributed by atoms with Gasteiger partial charge in [-0.2, -0.15) is 0 Å². The third-order valence-corrected chi connectivity index (χ3v) is 4.46. The quantitative estimate of drug-likeness (QED) is 0.641. The Balaban J connectivity index is 2.18. The summed E-state index contributed by atoms with van der Waals surface area (Å²) in [6, 6.07) is 11.6. The molecule has 0 unspecified atom stereocenters. The van der Waals surface area contributed by atoms with E-state index in [0.717, 1.165) is 37.9 Å². The second-order valence-electron chi connectivity index (χ2n) is 4.15. The molecule has 2 aromatic rings. The second-order valence-corrected chi connectivity index (χ2v) is 6.08. The van der Waals surface area contributed by atoms with Gasteiger partial charge in [-0.3, -0.25) is 0 Å². The number of thioether (sulfide) groups is 1. The highest BCUT2D eigenvalue weighted by Gasteiger charge is 2.07. The topological polar surface area (TPSA) is 44.5 Å². The van der Waals surface area contributed by atoms with Gasteiger partial charge in [0.2, 0.25) is 0 Å². The van der Waals surface area contributed by atoms with Crippen molar-refractivity contribution in [1.82, 2.24) is 0 Å². The molecule has 2 rings (SSSR count). The van der Waals surface area contributed by atoms with Crippen molar-refractivity contribution in [2.45, 2.75) is 10.6 Å². The lowest BCUT2D eigenvalue weighted by atomic mass is 10.2. The van der Waals surface area contributed by atoms with Gasteiger partial charge < -0.3 is 15.2 Å². The van der Waals surface area contributed by atoms with Gasteiger partial charge >= 0.3 is 0 Å². The summed E-state index contributed by atoms with van der Waals surface area (Å²) in [4.78, 5) is 1.01. The van der Waals surface area contributed by atoms with Gasteiger partial charge in [0.1, 0.15) is 11.5 Å². The molecule has 0 aliphatic carbocycles. The maximum atomic E-state index is 5.99. The average Bonchev–Trinajstić information content (AvgIpc) is 2.46. The molecule has 0 bridgehead atoms. The van der Waals surface area contributed by atoms with Gasteiger partial charge in [0.25, 0.3) is 0 Å². The van der Waals surface area contributed by atoms with Crippen LogP contribution < -0.4 is 15.2 Å². The Morgan fingerprint density at radius 3 is 2.60 bits per heavy atom. The van der Waals surface area contributed by atoms with Crippen molar-refractivity contribution < 1.29 is 9.47 Å². The van der Waals surface area contributed by atoms with Gasteiger partial charge in [0, 0.05) is 26.4 Å². The Kier molecular flexibility index (Phi) is 5.20. The first-order valence-corrected chi connectivity index (χ1v) is 7.80. The monoisotopic (exact) mass is 353 g/mol. The molecule has 0 aliphatic heterocycles. The molecule has 106 valence electrons. The summed E-state index contributed by atoms with van der Waals surface area (Å²) >= 11 is 5.14. The van der Waals surface area contributed by atoms with Crippen molar-refractivity contribution in [3.8, 4) is 11.5 Å². The number of ether oxygens (including phenoxy) is 2. The third-order valence-electron chi connectivity index (χ3n) is 2.85. The van der Waals surface area contributed by atoms with Crippen LogP contribution in [0.2, 0.25) is 0 Å². The number of anilines is 1. The van der Waals surface area contributed by atoms with Crippen LogP contribution in [0.5, 0.6) is 11.5 Å². The van der Waals surface area contributed by atoms with Crippen LogP contribution in [-0.2, 0) is 5.75 Å². The van der Waals surface area contributed by atoms with Gasteiger partial charge in [0.05, 0.1) is 14.2 Å². The highest BCUT2D eigenvalue weighted by molar-refractivity contribution is 9.10. The van der Waals surface area contributed by atoms with E-state index in [1.54, 1.807) is 26.0 Å². The summed E-state index contributed by atoms with van der Waals surface area (Å²) in [5, 5.41) is 0. The summed E-state index contributed by atoms with van der Waals surface area (Å²) < 4.78 is 11.6. The molecule has 20 heavy (non-hydrogen) atoms. The number of nitrogen functional groups attached to an aromatic ring is 1. The van der Waals surface area contributed by atoms with Crippen LogP contribution in [-0.4, -0.2) is 14.2 Å². The lowest BCUT2D eigenvalue weighted by Gasteiger charge is -2.11. The highest BCUT2D eigenvalue weighted by atomic mass is 79.9. The van der Waals surface area contributed by atoms with Gasteiger partial charge in [-0.05, 0) is 36.4 Å². The molecule has 2 N–H and O–H groups in total. The number of hydrogen-bond acceptors (Lipinski definition) is 4. The summed E-state index contributed by atoms with van der Waals surface area (Å²) in [5.74, 6) is 2.46. The Bertz CT molecular complexity index is 604. The van der Waals surface area contributed by atoms with Crippen molar-refractivity contribution in [2.75, 3.05) is 20.0 Å². The van der Waals surface area contributed by atoms with Crippen molar-refractivity contribution in [1.29, 1.82) is 0 Å². The van der Waals surface area contributed by atoms with Crippen LogP contribution in [0, 0.1) is 0 Å². The van der Waals surface area contributed by atoms with Crippen LogP contribution >= 0.6 is 27.7 Å². The average molecular weight is 354 g/mol. The zero-order valence-corrected chi connectivity index (χ0v) is 13.8. The van der Waals surface area contributed by atoms with Crippen molar-refractivity contribution in [3.05, 3.63) is 46.4 Å². The minimum Gasteiger partial charge on any atom is -0.497 e. The molecule has 0 atom stereocenters. The first kappa shape index (κ1) is 15.1. The second kappa shape index (κ2) is 6.90. The molecule has 0 spiro atoms. The fraction of sp³-hybridized carbons (Fsp3) is 0.200.